The van der Waals surface area contributed by atoms with Crippen molar-refractivity contribution in [2.75, 3.05) is 5.32 Å². The van der Waals surface area contributed by atoms with Gasteiger partial charge in [-0.3, -0.25) is 10.1 Å². The van der Waals surface area contributed by atoms with Crippen molar-refractivity contribution in [2.24, 2.45) is 0 Å². The Balaban J connectivity index is 2.10. The van der Waals surface area contributed by atoms with Crippen molar-refractivity contribution in [3.8, 4) is 0 Å². The molecule has 1 aromatic heterocycles. The number of nitrogens with zero attached hydrogens (tertiary/aromatic N) is 2. The number of pyridine rings is 1. The van der Waals surface area contributed by atoms with Crippen LogP contribution in [0.2, 0.25) is 5.02 Å². The molecule has 2 aromatic rings. The van der Waals surface area contributed by atoms with E-state index < -0.39 is 4.92 Å². The number of hydrogen-bond donors (Lipinski definition) is 1. The fourth-order valence-electron chi connectivity index (χ4n) is 1.49. The summed E-state index contributed by atoms with van der Waals surface area (Å²) >= 11 is 9.13. The van der Waals surface area contributed by atoms with Gasteiger partial charge in [-0.05, 0) is 33.6 Å². The van der Waals surface area contributed by atoms with Gasteiger partial charge in [0.25, 0.3) is 5.69 Å². The molecule has 0 amide bonds. The van der Waals surface area contributed by atoms with Gasteiger partial charge >= 0.3 is 0 Å². The van der Waals surface area contributed by atoms with Crippen LogP contribution < -0.4 is 5.32 Å². The third-order valence-electron chi connectivity index (χ3n) is 2.39. The van der Waals surface area contributed by atoms with E-state index in [2.05, 4.69) is 26.2 Å². The predicted octanol–water partition coefficient (Wildman–Crippen LogP) is 4.02. The minimum absolute atomic E-state index is 0.0554. The summed E-state index contributed by atoms with van der Waals surface area (Å²) in [7, 11) is 0. The van der Waals surface area contributed by atoms with Crippen LogP contribution in [0, 0.1) is 10.1 Å². The van der Waals surface area contributed by atoms with Crippen LogP contribution in [-0.4, -0.2) is 9.91 Å². The number of halogens is 2. The van der Waals surface area contributed by atoms with E-state index in [0.717, 1.165) is 5.56 Å². The zero-order chi connectivity index (χ0) is 13.8. The maximum atomic E-state index is 10.6. The van der Waals surface area contributed by atoms with Crippen LogP contribution in [0.4, 0.5) is 11.5 Å². The lowest BCUT2D eigenvalue weighted by Gasteiger charge is -2.07. The summed E-state index contributed by atoms with van der Waals surface area (Å²) in [5.41, 5.74) is 0.944. The molecule has 98 valence electrons. The van der Waals surface area contributed by atoms with E-state index in [1.807, 2.05) is 18.2 Å². The molecular weight excluding hydrogens is 334 g/mol. The minimum Gasteiger partial charge on any atom is -0.365 e. The summed E-state index contributed by atoms with van der Waals surface area (Å²) in [5.74, 6) is 0.547. The Hall–Kier alpha value is -1.66. The Morgan fingerprint density at radius 1 is 1.42 bits per heavy atom. The van der Waals surface area contributed by atoms with Gasteiger partial charge < -0.3 is 5.32 Å². The number of benzene rings is 1. The van der Waals surface area contributed by atoms with Gasteiger partial charge in [0, 0.05) is 17.6 Å². The monoisotopic (exact) mass is 341 g/mol. The van der Waals surface area contributed by atoms with Crippen molar-refractivity contribution in [3.05, 3.63) is 61.7 Å². The zero-order valence-electron chi connectivity index (χ0n) is 9.64. The van der Waals surface area contributed by atoms with Gasteiger partial charge in [-0.15, -0.1) is 0 Å². The highest BCUT2D eigenvalue weighted by atomic mass is 79.9. The molecule has 5 nitrogen and oxygen atoms in total. The van der Waals surface area contributed by atoms with Crippen molar-refractivity contribution in [3.63, 3.8) is 0 Å². The molecule has 0 fully saturated rings. The quantitative estimate of drug-likeness (QED) is 0.673. The fraction of sp³-hybridized carbons (Fsp3) is 0.0833. The maximum Gasteiger partial charge on any atom is 0.288 e. The Kier molecular flexibility index (Phi) is 4.34. The molecule has 0 unspecified atom stereocenters. The lowest BCUT2D eigenvalue weighted by molar-refractivity contribution is -0.385. The predicted molar refractivity (Wildman–Crippen MR) is 77.4 cm³/mol. The molecule has 0 saturated heterocycles. The van der Waals surface area contributed by atoms with E-state index in [-0.39, 0.29) is 5.69 Å². The van der Waals surface area contributed by atoms with Gasteiger partial charge in [-0.2, -0.15) is 0 Å². The molecule has 0 aliphatic carbocycles. The van der Waals surface area contributed by atoms with Crippen LogP contribution in [0.15, 0.2) is 41.0 Å². The van der Waals surface area contributed by atoms with Gasteiger partial charge in [-0.1, -0.05) is 23.7 Å². The molecule has 0 atom stereocenters. The number of nitrogens with one attached hydrogen (secondary N) is 1. The average molecular weight is 343 g/mol. The van der Waals surface area contributed by atoms with Crippen LogP contribution in [0.5, 0.6) is 0 Å². The first kappa shape index (κ1) is 13.8. The molecule has 1 heterocycles. The van der Waals surface area contributed by atoms with Crippen LogP contribution >= 0.6 is 27.5 Å². The van der Waals surface area contributed by atoms with Crippen LogP contribution in [0.3, 0.4) is 0 Å². The highest BCUT2D eigenvalue weighted by Crippen LogP contribution is 2.25. The number of anilines is 1. The molecule has 2 rings (SSSR count). The molecule has 0 radical (unpaired) electrons. The van der Waals surface area contributed by atoms with E-state index in [1.54, 1.807) is 6.07 Å². The van der Waals surface area contributed by atoms with E-state index in [4.69, 9.17) is 11.6 Å². The average Bonchev–Trinajstić information content (AvgIpc) is 2.37. The van der Waals surface area contributed by atoms with Crippen LogP contribution in [0.1, 0.15) is 5.56 Å². The zero-order valence-corrected chi connectivity index (χ0v) is 12.0. The Morgan fingerprint density at radius 3 is 2.84 bits per heavy atom. The summed E-state index contributed by atoms with van der Waals surface area (Å²) in [6.07, 6.45) is 1.21. The molecule has 7 heteroatoms. The minimum atomic E-state index is -0.488. The number of rotatable bonds is 4. The van der Waals surface area contributed by atoms with E-state index >= 15 is 0 Å². The third kappa shape index (κ3) is 3.65. The number of nitro groups is 1. The van der Waals surface area contributed by atoms with E-state index in [0.29, 0.717) is 21.9 Å². The normalized spacial score (nSPS) is 10.2. The summed E-state index contributed by atoms with van der Waals surface area (Å²) in [6, 6.07) is 8.84. The van der Waals surface area contributed by atoms with Crippen LogP contribution in [0.25, 0.3) is 0 Å². The topological polar surface area (TPSA) is 68.1 Å². The lowest BCUT2D eigenvalue weighted by Crippen LogP contribution is -2.02. The summed E-state index contributed by atoms with van der Waals surface area (Å²) in [6.45, 7) is 0.532. The second-order valence-corrected chi connectivity index (χ2v) is 5.06. The number of hydrogen-bond acceptors (Lipinski definition) is 4. The van der Waals surface area contributed by atoms with E-state index in [9.17, 15) is 10.1 Å². The van der Waals surface area contributed by atoms with Crippen molar-refractivity contribution >= 4 is 39.0 Å². The molecule has 1 N–H and O–H groups in total. The van der Waals surface area contributed by atoms with Gasteiger partial charge in [0.05, 0.1) is 9.40 Å². The molecule has 0 bridgehead atoms. The lowest BCUT2D eigenvalue weighted by atomic mass is 10.2. The Morgan fingerprint density at radius 2 is 2.21 bits per heavy atom. The standard InChI is InChI=1S/C12H9BrClN3O2/c13-11-5-10(17(18)19)7-16-12(11)15-6-8-2-1-3-9(14)4-8/h1-5,7H,6H2,(H,15,16). The van der Waals surface area contributed by atoms with Gasteiger partial charge in [0.1, 0.15) is 12.0 Å². The summed E-state index contributed by atoms with van der Waals surface area (Å²) in [4.78, 5) is 14.1. The molecule has 1 aromatic carbocycles. The molecule has 19 heavy (non-hydrogen) atoms. The van der Waals surface area contributed by atoms with Crippen LogP contribution in [-0.2, 0) is 6.54 Å². The second-order valence-electron chi connectivity index (χ2n) is 3.76. The van der Waals surface area contributed by atoms with Gasteiger partial charge in [0.15, 0.2) is 0 Å². The molecule has 0 aliphatic rings. The highest BCUT2D eigenvalue weighted by Gasteiger charge is 2.10. The summed E-state index contributed by atoms with van der Waals surface area (Å²) < 4.78 is 0.545. The second kappa shape index (κ2) is 5.99. The molecule has 0 spiro atoms. The first-order valence-electron chi connectivity index (χ1n) is 5.34. The Labute approximate surface area is 122 Å². The SMILES string of the molecule is O=[N+]([O-])c1cnc(NCc2cccc(Cl)c2)c(Br)c1. The van der Waals surface area contributed by atoms with Crippen molar-refractivity contribution in [1.82, 2.24) is 4.98 Å². The van der Waals surface area contributed by atoms with Gasteiger partial charge in [-0.25, -0.2) is 4.98 Å². The Bertz CT molecular complexity index is 622. The highest BCUT2D eigenvalue weighted by molar-refractivity contribution is 9.10. The van der Waals surface area contributed by atoms with Crippen molar-refractivity contribution in [2.45, 2.75) is 6.54 Å². The largest absolute Gasteiger partial charge is 0.365 e. The summed E-state index contributed by atoms with van der Waals surface area (Å²) in [5, 5.41) is 14.3. The molecular formula is C12H9BrClN3O2. The molecule has 0 saturated carbocycles. The first-order chi connectivity index (χ1) is 9.06. The third-order valence-corrected chi connectivity index (χ3v) is 3.23. The smallest absolute Gasteiger partial charge is 0.288 e. The first-order valence-corrected chi connectivity index (χ1v) is 6.51. The molecule has 0 aliphatic heterocycles. The fourth-order valence-corrected chi connectivity index (χ4v) is 2.18. The maximum absolute atomic E-state index is 10.6. The van der Waals surface area contributed by atoms with Crippen molar-refractivity contribution in [1.29, 1.82) is 0 Å². The van der Waals surface area contributed by atoms with Crippen molar-refractivity contribution < 1.29 is 4.92 Å². The van der Waals surface area contributed by atoms with E-state index in [1.165, 1.54) is 12.3 Å². The van der Waals surface area contributed by atoms with Gasteiger partial charge in [0.2, 0.25) is 0 Å². The number of aromatic nitrogens is 1.